The molecule has 1 aromatic carbocycles. The number of hydrogen-bond donors (Lipinski definition) is 0. The quantitative estimate of drug-likeness (QED) is 0.697. The number of ether oxygens (including phenoxy) is 1. The van der Waals surface area contributed by atoms with Crippen molar-refractivity contribution in [1.82, 2.24) is 0 Å². The van der Waals surface area contributed by atoms with Gasteiger partial charge in [0.25, 0.3) is 0 Å². The molecule has 12 heavy (non-hydrogen) atoms. The summed E-state index contributed by atoms with van der Waals surface area (Å²) in [5, 5.41) is 0.634. The Morgan fingerprint density at radius 1 is 1.58 bits per heavy atom. The molecule has 0 aliphatic rings. The van der Waals surface area contributed by atoms with Gasteiger partial charge in [0.1, 0.15) is 5.75 Å². The summed E-state index contributed by atoms with van der Waals surface area (Å²) in [5.74, 6) is 0.727. The van der Waals surface area contributed by atoms with Crippen LogP contribution in [0.3, 0.4) is 0 Å². The molecule has 64 valence electrons. The molecular formula is C10H11ClO. The van der Waals surface area contributed by atoms with Gasteiger partial charge in [-0.15, -0.1) is 0 Å². The molecule has 1 nitrogen and oxygen atoms in total. The molecule has 0 N–H and O–H groups in total. The van der Waals surface area contributed by atoms with Crippen molar-refractivity contribution >= 4 is 17.7 Å². The summed E-state index contributed by atoms with van der Waals surface area (Å²) in [6.45, 7) is 6.21. The zero-order chi connectivity index (χ0) is 8.97. The minimum atomic E-state index is 0.632. The Morgan fingerprint density at radius 3 is 2.83 bits per heavy atom. The lowest BCUT2D eigenvalue weighted by Crippen LogP contribution is -1.91. The summed E-state index contributed by atoms with van der Waals surface area (Å²) in [7, 11) is 0. The van der Waals surface area contributed by atoms with Gasteiger partial charge in [-0.3, -0.25) is 0 Å². The second kappa shape index (κ2) is 4.17. The van der Waals surface area contributed by atoms with E-state index in [0.29, 0.717) is 11.6 Å². The van der Waals surface area contributed by atoms with Crippen LogP contribution in [0.4, 0.5) is 0 Å². The maximum atomic E-state index is 5.91. The molecule has 0 atom stereocenters. The molecule has 0 aliphatic carbocycles. The van der Waals surface area contributed by atoms with Crippen molar-refractivity contribution in [3.8, 4) is 5.75 Å². The van der Waals surface area contributed by atoms with Crippen molar-refractivity contribution in [3.63, 3.8) is 0 Å². The minimum absolute atomic E-state index is 0.632. The molecule has 1 aromatic rings. The molecule has 0 saturated carbocycles. The Morgan fingerprint density at radius 2 is 2.33 bits per heavy atom. The lowest BCUT2D eigenvalue weighted by molar-refractivity contribution is 0.340. The SMILES string of the molecule is C=Cc1ccc(OCC)c(Cl)c1. The molecule has 0 radical (unpaired) electrons. The van der Waals surface area contributed by atoms with E-state index < -0.39 is 0 Å². The Hall–Kier alpha value is -0.950. The van der Waals surface area contributed by atoms with Gasteiger partial charge in [-0.2, -0.15) is 0 Å². The Balaban J connectivity index is 2.94. The molecule has 0 fully saturated rings. The molecule has 0 aliphatic heterocycles. The Bertz CT molecular complexity index is 281. The Labute approximate surface area is 77.6 Å². The lowest BCUT2D eigenvalue weighted by atomic mass is 10.2. The summed E-state index contributed by atoms with van der Waals surface area (Å²) in [6, 6.07) is 5.60. The Kier molecular flexibility index (Phi) is 3.18. The van der Waals surface area contributed by atoms with E-state index in [0.717, 1.165) is 11.3 Å². The smallest absolute Gasteiger partial charge is 0.137 e. The van der Waals surface area contributed by atoms with E-state index in [1.165, 1.54) is 0 Å². The normalized spacial score (nSPS) is 9.50. The van der Waals surface area contributed by atoms with E-state index in [2.05, 4.69) is 6.58 Å². The van der Waals surface area contributed by atoms with E-state index in [4.69, 9.17) is 16.3 Å². The molecule has 0 amide bonds. The molecular weight excluding hydrogens is 172 g/mol. The molecule has 0 unspecified atom stereocenters. The van der Waals surface area contributed by atoms with E-state index in [1.807, 2.05) is 25.1 Å². The van der Waals surface area contributed by atoms with Crippen LogP contribution < -0.4 is 4.74 Å². The first-order chi connectivity index (χ1) is 5.77. The van der Waals surface area contributed by atoms with Gasteiger partial charge in [-0.1, -0.05) is 30.3 Å². The average molecular weight is 183 g/mol. The van der Waals surface area contributed by atoms with Gasteiger partial charge in [0.15, 0.2) is 0 Å². The fourth-order valence-electron chi connectivity index (χ4n) is 0.917. The van der Waals surface area contributed by atoms with Crippen LogP contribution in [-0.4, -0.2) is 6.61 Å². The van der Waals surface area contributed by atoms with Crippen LogP contribution in [0, 0.1) is 0 Å². The molecule has 0 bridgehead atoms. The number of benzene rings is 1. The van der Waals surface area contributed by atoms with Gasteiger partial charge in [0.2, 0.25) is 0 Å². The predicted octanol–water partition coefficient (Wildman–Crippen LogP) is 3.38. The van der Waals surface area contributed by atoms with Gasteiger partial charge in [0.05, 0.1) is 11.6 Å². The van der Waals surface area contributed by atoms with Gasteiger partial charge in [-0.25, -0.2) is 0 Å². The van der Waals surface area contributed by atoms with E-state index in [-0.39, 0.29) is 0 Å². The monoisotopic (exact) mass is 182 g/mol. The van der Waals surface area contributed by atoms with Crippen molar-refractivity contribution in [3.05, 3.63) is 35.4 Å². The van der Waals surface area contributed by atoms with E-state index >= 15 is 0 Å². The second-order valence-corrected chi connectivity index (χ2v) is 2.73. The standard InChI is InChI=1S/C10H11ClO/c1-3-8-5-6-10(12-4-2)9(11)7-8/h3,5-7H,1,4H2,2H3. The average Bonchev–Trinajstić information content (AvgIpc) is 2.09. The zero-order valence-corrected chi connectivity index (χ0v) is 7.77. The van der Waals surface area contributed by atoms with Crippen molar-refractivity contribution in [1.29, 1.82) is 0 Å². The highest BCUT2D eigenvalue weighted by Gasteiger charge is 1.99. The molecule has 0 saturated heterocycles. The summed E-state index contributed by atoms with van der Waals surface area (Å²) in [6.07, 6.45) is 1.75. The zero-order valence-electron chi connectivity index (χ0n) is 7.01. The first-order valence-corrected chi connectivity index (χ1v) is 4.20. The van der Waals surface area contributed by atoms with Crippen LogP contribution in [0.5, 0.6) is 5.75 Å². The fraction of sp³-hybridized carbons (Fsp3) is 0.200. The number of hydrogen-bond acceptors (Lipinski definition) is 1. The summed E-state index contributed by atoms with van der Waals surface area (Å²) < 4.78 is 5.27. The van der Waals surface area contributed by atoms with Gasteiger partial charge in [-0.05, 0) is 24.6 Å². The van der Waals surface area contributed by atoms with Crippen molar-refractivity contribution in [2.24, 2.45) is 0 Å². The molecule has 0 aromatic heterocycles. The number of rotatable bonds is 3. The highest BCUT2D eigenvalue weighted by atomic mass is 35.5. The van der Waals surface area contributed by atoms with Gasteiger partial charge >= 0.3 is 0 Å². The van der Waals surface area contributed by atoms with Crippen molar-refractivity contribution < 1.29 is 4.74 Å². The summed E-state index contributed by atoms with van der Waals surface area (Å²) >= 11 is 5.91. The third-order valence-corrected chi connectivity index (χ3v) is 1.79. The highest BCUT2D eigenvalue weighted by Crippen LogP contribution is 2.25. The summed E-state index contributed by atoms with van der Waals surface area (Å²) in [5.41, 5.74) is 1.00. The van der Waals surface area contributed by atoms with Crippen molar-refractivity contribution in [2.45, 2.75) is 6.92 Å². The second-order valence-electron chi connectivity index (χ2n) is 2.33. The maximum Gasteiger partial charge on any atom is 0.137 e. The third kappa shape index (κ3) is 2.02. The van der Waals surface area contributed by atoms with Crippen LogP contribution in [-0.2, 0) is 0 Å². The van der Waals surface area contributed by atoms with Gasteiger partial charge in [0, 0.05) is 0 Å². The van der Waals surface area contributed by atoms with E-state index in [1.54, 1.807) is 6.08 Å². The maximum absolute atomic E-state index is 5.91. The molecule has 0 spiro atoms. The lowest BCUT2D eigenvalue weighted by Gasteiger charge is -2.05. The van der Waals surface area contributed by atoms with Crippen LogP contribution in [0.1, 0.15) is 12.5 Å². The topological polar surface area (TPSA) is 9.23 Å². The molecule has 1 rings (SSSR count). The summed E-state index contributed by atoms with van der Waals surface area (Å²) in [4.78, 5) is 0. The number of halogens is 1. The molecule has 0 heterocycles. The van der Waals surface area contributed by atoms with E-state index in [9.17, 15) is 0 Å². The predicted molar refractivity (Wildman–Crippen MR) is 52.7 cm³/mol. The molecule has 2 heteroatoms. The van der Waals surface area contributed by atoms with Crippen molar-refractivity contribution in [2.75, 3.05) is 6.61 Å². The van der Waals surface area contributed by atoms with Crippen LogP contribution >= 0.6 is 11.6 Å². The fourth-order valence-corrected chi connectivity index (χ4v) is 1.16. The first kappa shape index (κ1) is 9.14. The van der Waals surface area contributed by atoms with Crippen LogP contribution in [0.2, 0.25) is 5.02 Å². The third-order valence-electron chi connectivity index (χ3n) is 1.49. The minimum Gasteiger partial charge on any atom is -0.492 e. The largest absolute Gasteiger partial charge is 0.492 e. The van der Waals surface area contributed by atoms with Crippen LogP contribution in [0.25, 0.3) is 6.08 Å². The van der Waals surface area contributed by atoms with Crippen LogP contribution in [0.15, 0.2) is 24.8 Å². The van der Waals surface area contributed by atoms with Gasteiger partial charge < -0.3 is 4.74 Å². The highest BCUT2D eigenvalue weighted by molar-refractivity contribution is 6.32. The first-order valence-electron chi connectivity index (χ1n) is 3.82.